The monoisotopic (exact) mass is 312 g/mol. The van der Waals surface area contributed by atoms with Crippen molar-refractivity contribution in [2.75, 3.05) is 30.8 Å². The van der Waals surface area contributed by atoms with Gasteiger partial charge >= 0.3 is 0 Å². The quantitative estimate of drug-likeness (QED) is 0.749. The Labute approximate surface area is 132 Å². The van der Waals surface area contributed by atoms with Crippen molar-refractivity contribution in [2.45, 2.75) is 53.0 Å². The SMILES string of the molecule is CCCCCN(C(=O)c1sc(N(C)CC)nc1N)C(C)C. The molecule has 2 N–H and O–H groups in total. The van der Waals surface area contributed by atoms with Crippen molar-refractivity contribution in [3.05, 3.63) is 4.88 Å². The van der Waals surface area contributed by atoms with Crippen LogP contribution in [0.2, 0.25) is 0 Å². The molecule has 0 saturated carbocycles. The van der Waals surface area contributed by atoms with Crippen LogP contribution in [0.4, 0.5) is 10.9 Å². The predicted molar refractivity (Wildman–Crippen MR) is 91.2 cm³/mol. The molecule has 1 heterocycles. The highest BCUT2D eigenvalue weighted by Crippen LogP contribution is 2.29. The number of rotatable bonds is 8. The lowest BCUT2D eigenvalue weighted by atomic mass is 10.2. The van der Waals surface area contributed by atoms with E-state index in [2.05, 4.69) is 11.9 Å². The number of aromatic nitrogens is 1. The summed E-state index contributed by atoms with van der Waals surface area (Å²) in [5.74, 6) is 0.355. The van der Waals surface area contributed by atoms with Gasteiger partial charge in [-0.15, -0.1) is 0 Å². The summed E-state index contributed by atoms with van der Waals surface area (Å²) in [5, 5.41) is 0.801. The molecule has 0 radical (unpaired) electrons. The maximum Gasteiger partial charge on any atom is 0.268 e. The van der Waals surface area contributed by atoms with E-state index in [1.165, 1.54) is 11.3 Å². The minimum atomic E-state index is 0.00635. The van der Waals surface area contributed by atoms with E-state index in [0.29, 0.717) is 10.7 Å². The fraction of sp³-hybridized carbons (Fsp3) is 0.733. The highest BCUT2D eigenvalue weighted by Gasteiger charge is 2.24. The number of nitrogens with two attached hydrogens (primary N) is 1. The van der Waals surface area contributed by atoms with Crippen LogP contribution < -0.4 is 10.6 Å². The highest BCUT2D eigenvalue weighted by atomic mass is 32.1. The second kappa shape index (κ2) is 8.22. The molecule has 6 heteroatoms. The Morgan fingerprint density at radius 1 is 1.33 bits per heavy atom. The number of thiazole rings is 1. The first-order valence-corrected chi connectivity index (χ1v) is 8.52. The number of nitrogens with zero attached hydrogens (tertiary/aromatic N) is 3. The molecule has 1 rings (SSSR count). The van der Waals surface area contributed by atoms with Crippen molar-refractivity contribution in [3.8, 4) is 0 Å². The summed E-state index contributed by atoms with van der Waals surface area (Å²) < 4.78 is 0. The molecule has 0 aromatic carbocycles. The second-order valence-corrected chi connectivity index (χ2v) is 6.50. The lowest BCUT2D eigenvalue weighted by molar-refractivity contribution is 0.0708. The molecule has 0 unspecified atom stereocenters. The molecule has 0 spiro atoms. The highest BCUT2D eigenvalue weighted by molar-refractivity contribution is 7.18. The van der Waals surface area contributed by atoms with E-state index < -0.39 is 0 Å². The van der Waals surface area contributed by atoms with E-state index in [1.54, 1.807) is 0 Å². The predicted octanol–water partition coefficient (Wildman–Crippen LogP) is 3.22. The average Bonchev–Trinajstić information content (AvgIpc) is 2.83. The van der Waals surface area contributed by atoms with Crippen molar-refractivity contribution in [1.29, 1.82) is 0 Å². The van der Waals surface area contributed by atoms with E-state index in [0.717, 1.165) is 37.5 Å². The largest absolute Gasteiger partial charge is 0.382 e. The fourth-order valence-electron chi connectivity index (χ4n) is 2.03. The van der Waals surface area contributed by atoms with Gasteiger partial charge in [0.25, 0.3) is 5.91 Å². The first kappa shape index (κ1) is 17.8. The van der Waals surface area contributed by atoms with Crippen molar-refractivity contribution in [1.82, 2.24) is 9.88 Å². The first-order valence-electron chi connectivity index (χ1n) is 7.70. The van der Waals surface area contributed by atoms with Gasteiger partial charge in [0.05, 0.1) is 0 Å². The van der Waals surface area contributed by atoms with Gasteiger partial charge in [-0.1, -0.05) is 31.1 Å². The van der Waals surface area contributed by atoms with Crippen LogP contribution >= 0.6 is 11.3 Å². The van der Waals surface area contributed by atoms with Crippen LogP contribution in [0.3, 0.4) is 0 Å². The first-order chi connectivity index (χ1) is 9.92. The molecule has 1 aromatic rings. The number of hydrogen-bond acceptors (Lipinski definition) is 5. The molecular weight excluding hydrogens is 284 g/mol. The van der Waals surface area contributed by atoms with E-state index in [4.69, 9.17) is 5.73 Å². The van der Waals surface area contributed by atoms with Crippen LogP contribution in [0.25, 0.3) is 0 Å². The summed E-state index contributed by atoms with van der Waals surface area (Å²) in [5.41, 5.74) is 5.95. The average molecular weight is 312 g/mol. The van der Waals surface area contributed by atoms with Gasteiger partial charge in [0, 0.05) is 26.2 Å². The Morgan fingerprint density at radius 3 is 2.52 bits per heavy atom. The molecule has 0 saturated heterocycles. The lowest BCUT2D eigenvalue weighted by Gasteiger charge is -2.26. The van der Waals surface area contributed by atoms with Crippen LogP contribution in [0.1, 0.15) is 56.6 Å². The zero-order chi connectivity index (χ0) is 16.0. The number of carbonyl (C=O) groups is 1. The molecule has 120 valence electrons. The molecule has 0 atom stereocenters. The summed E-state index contributed by atoms with van der Waals surface area (Å²) in [7, 11) is 1.95. The zero-order valence-corrected chi connectivity index (χ0v) is 14.7. The van der Waals surface area contributed by atoms with E-state index in [1.807, 2.05) is 37.6 Å². The smallest absolute Gasteiger partial charge is 0.268 e. The molecule has 5 nitrogen and oxygen atoms in total. The van der Waals surface area contributed by atoms with Crippen LogP contribution in [0.5, 0.6) is 0 Å². The maximum absolute atomic E-state index is 12.7. The number of anilines is 2. The summed E-state index contributed by atoms with van der Waals surface area (Å²) in [4.78, 5) is 21.5. The number of amides is 1. The van der Waals surface area contributed by atoms with Crippen LogP contribution in [-0.2, 0) is 0 Å². The standard InChI is InChI=1S/C15H28N4OS/c1-6-8-9-10-19(11(3)4)14(20)12-13(16)17-15(21-12)18(5)7-2/h11H,6-10,16H2,1-5H3. The van der Waals surface area contributed by atoms with Gasteiger partial charge in [-0.3, -0.25) is 4.79 Å². The Balaban J connectivity index is 2.90. The molecule has 21 heavy (non-hydrogen) atoms. The van der Waals surface area contributed by atoms with Crippen molar-refractivity contribution >= 4 is 28.2 Å². The molecule has 0 aliphatic heterocycles. The van der Waals surface area contributed by atoms with Crippen LogP contribution in [0.15, 0.2) is 0 Å². The number of hydrogen-bond donors (Lipinski definition) is 1. The third-order valence-corrected chi connectivity index (χ3v) is 4.70. The summed E-state index contributed by atoms with van der Waals surface area (Å²) in [6.45, 7) is 9.91. The molecule has 0 bridgehead atoms. The molecular formula is C15H28N4OS. The fourth-order valence-corrected chi connectivity index (χ4v) is 3.00. The van der Waals surface area contributed by atoms with Gasteiger partial charge in [-0.25, -0.2) is 4.98 Å². The molecule has 1 amide bonds. The van der Waals surface area contributed by atoms with Gasteiger partial charge in [0.1, 0.15) is 10.7 Å². The number of unbranched alkanes of at least 4 members (excludes halogenated alkanes) is 2. The number of nitrogen functional groups attached to an aromatic ring is 1. The van der Waals surface area contributed by atoms with Gasteiger partial charge in [0.15, 0.2) is 5.13 Å². The third-order valence-electron chi connectivity index (χ3n) is 3.52. The Bertz CT molecular complexity index is 459. The second-order valence-electron chi connectivity index (χ2n) is 5.52. The zero-order valence-electron chi connectivity index (χ0n) is 13.8. The van der Waals surface area contributed by atoms with Gasteiger partial charge in [0.2, 0.25) is 0 Å². The van der Waals surface area contributed by atoms with Crippen molar-refractivity contribution in [3.63, 3.8) is 0 Å². The summed E-state index contributed by atoms with van der Waals surface area (Å²) in [6.07, 6.45) is 3.31. The van der Waals surface area contributed by atoms with Crippen molar-refractivity contribution in [2.24, 2.45) is 0 Å². The summed E-state index contributed by atoms with van der Waals surface area (Å²) in [6, 6.07) is 0.170. The minimum absolute atomic E-state index is 0.00635. The van der Waals surface area contributed by atoms with Crippen molar-refractivity contribution < 1.29 is 4.79 Å². The van der Waals surface area contributed by atoms with Gasteiger partial charge in [-0.2, -0.15) is 0 Å². The number of carbonyl (C=O) groups excluding carboxylic acids is 1. The molecule has 0 aliphatic rings. The lowest BCUT2D eigenvalue weighted by Crippen LogP contribution is -2.37. The van der Waals surface area contributed by atoms with Crippen LogP contribution in [0, 0.1) is 0 Å². The van der Waals surface area contributed by atoms with Gasteiger partial charge < -0.3 is 15.5 Å². The molecule has 0 aliphatic carbocycles. The topological polar surface area (TPSA) is 62.5 Å². The summed E-state index contributed by atoms with van der Waals surface area (Å²) >= 11 is 1.38. The maximum atomic E-state index is 12.7. The van der Waals surface area contributed by atoms with E-state index in [-0.39, 0.29) is 11.9 Å². The van der Waals surface area contributed by atoms with Crippen LogP contribution in [-0.4, -0.2) is 42.0 Å². The Kier molecular flexibility index (Phi) is 6.95. The van der Waals surface area contributed by atoms with Gasteiger partial charge in [-0.05, 0) is 27.2 Å². The molecule has 0 fully saturated rings. The Hall–Kier alpha value is -1.30. The van der Waals surface area contributed by atoms with E-state index in [9.17, 15) is 4.79 Å². The normalized spacial score (nSPS) is 11.0. The van der Waals surface area contributed by atoms with E-state index >= 15 is 0 Å². The Morgan fingerprint density at radius 2 is 2.00 bits per heavy atom. The molecule has 1 aromatic heterocycles. The third kappa shape index (κ3) is 4.59. The minimum Gasteiger partial charge on any atom is -0.382 e.